The molecule has 9 heteroatoms. The number of rotatable bonds is 6. The fourth-order valence-electron chi connectivity index (χ4n) is 3.42. The van der Waals surface area contributed by atoms with E-state index in [0.29, 0.717) is 34.8 Å². The van der Waals surface area contributed by atoms with Gasteiger partial charge in [0.2, 0.25) is 11.7 Å². The molecular formula is C20H22FN7O. The van der Waals surface area contributed by atoms with Crippen LogP contribution in [0.15, 0.2) is 29.0 Å². The molecule has 5 rings (SSSR count). The van der Waals surface area contributed by atoms with E-state index in [1.807, 2.05) is 30.4 Å². The lowest BCUT2D eigenvalue weighted by Crippen LogP contribution is -2.29. The molecular weight excluding hydrogens is 373 g/mol. The predicted octanol–water partition coefficient (Wildman–Crippen LogP) is 2.95. The minimum absolute atomic E-state index is 0.298. The summed E-state index contributed by atoms with van der Waals surface area (Å²) in [5.74, 6) is 1.86. The molecule has 4 aromatic rings. The van der Waals surface area contributed by atoms with Crippen molar-refractivity contribution in [2.45, 2.75) is 18.8 Å². The average Bonchev–Trinajstić information content (AvgIpc) is 3.28. The molecule has 0 bridgehead atoms. The summed E-state index contributed by atoms with van der Waals surface area (Å²) in [7, 11) is 6.00. The normalized spacial score (nSPS) is 14.4. The number of imidazole rings is 1. The Morgan fingerprint density at radius 2 is 2.00 bits per heavy atom. The summed E-state index contributed by atoms with van der Waals surface area (Å²) in [4.78, 5) is 18.0. The van der Waals surface area contributed by atoms with Crippen LogP contribution in [0.5, 0.6) is 0 Å². The number of fused-ring (bicyclic) bond motifs is 3. The van der Waals surface area contributed by atoms with Gasteiger partial charge in [0, 0.05) is 31.4 Å². The topological polar surface area (TPSA) is 75.6 Å². The summed E-state index contributed by atoms with van der Waals surface area (Å²) in [5, 5.41) is 4.85. The maximum atomic E-state index is 14.0. The number of aromatic nitrogens is 5. The van der Waals surface area contributed by atoms with Crippen molar-refractivity contribution in [2.24, 2.45) is 0 Å². The van der Waals surface area contributed by atoms with E-state index in [1.165, 1.54) is 12.1 Å². The Labute approximate surface area is 167 Å². The fraction of sp³-hybridized carbons (Fsp3) is 0.400. The third-order valence-electron chi connectivity index (χ3n) is 5.24. The number of likely N-dealkylation sites (N-methyl/N-ethyl adjacent to an activating group) is 2. The molecule has 3 heterocycles. The van der Waals surface area contributed by atoms with E-state index in [0.717, 1.165) is 36.8 Å². The summed E-state index contributed by atoms with van der Waals surface area (Å²) in [6, 6.07) is 4.72. The van der Waals surface area contributed by atoms with Crippen LogP contribution in [0.25, 0.3) is 28.1 Å². The van der Waals surface area contributed by atoms with Gasteiger partial charge in [-0.2, -0.15) is 4.98 Å². The van der Waals surface area contributed by atoms with E-state index in [9.17, 15) is 4.39 Å². The third kappa shape index (κ3) is 3.21. The highest BCUT2D eigenvalue weighted by Gasteiger charge is 2.30. The van der Waals surface area contributed by atoms with Crippen LogP contribution >= 0.6 is 0 Å². The van der Waals surface area contributed by atoms with Crippen molar-refractivity contribution in [3.63, 3.8) is 0 Å². The molecule has 0 N–H and O–H groups in total. The quantitative estimate of drug-likeness (QED) is 0.497. The second-order valence-corrected chi connectivity index (χ2v) is 7.84. The van der Waals surface area contributed by atoms with Crippen molar-refractivity contribution >= 4 is 22.4 Å². The summed E-state index contributed by atoms with van der Waals surface area (Å²) < 4.78 is 21.3. The first-order chi connectivity index (χ1) is 14.0. The fourth-order valence-corrected chi connectivity index (χ4v) is 3.42. The minimum atomic E-state index is -0.298. The molecule has 0 saturated heterocycles. The molecule has 0 aliphatic heterocycles. The van der Waals surface area contributed by atoms with Gasteiger partial charge in [-0.15, -0.1) is 0 Å². The number of hydrogen-bond acceptors (Lipinski definition) is 7. The Bertz CT molecular complexity index is 1190. The molecule has 1 aliphatic carbocycles. The van der Waals surface area contributed by atoms with E-state index in [-0.39, 0.29) is 5.82 Å². The second-order valence-electron chi connectivity index (χ2n) is 7.84. The van der Waals surface area contributed by atoms with Gasteiger partial charge in [0.15, 0.2) is 11.3 Å². The highest BCUT2D eigenvalue weighted by Crippen LogP contribution is 2.39. The van der Waals surface area contributed by atoms with Crippen molar-refractivity contribution in [3.8, 4) is 11.5 Å². The van der Waals surface area contributed by atoms with E-state index in [1.54, 1.807) is 12.4 Å². The second kappa shape index (κ2) is 6.77. The Morgan fingerprint density at radius 3 is 2.76 bits per heavy atom. The van der Waals surface area contributed by atoms with Gasteiger partial charge in [0.05, 0.1) is 5.52 Å². The van der Waals surface area contributed by atoms with Crippen LogP contribution in [-0.2, 0) is 0 Å². The molecule has 8 nitrogen and oxygen atoms in total. The molecule has 1 saturated carbocycles. The van der Waals surface area contributed by atoms with Crippen LogP contribution in [-0.4, -0.2) is 63.6 Å². The molecule has 150 valence electrons. The smallest absolute Gasteiger partial charge is 0.230 e. The number of halogens is 1. The minimum Gasteiger partial charge on any atom is -0.358 e. The van der Waals surface area contributed by atoms with Gasteiger partial charge in [-0.05, 0) is 45.1 Å². The lowest BCUT2D eigenvalue weighted by Gasteiger charge is -2.22. The molecule has 1 fully saturated rings. The largest absolute Gasteiger partial charge is 0.358 e. The zero-order valence-electron chi connectivity index (χ0n) is 16.6. The van der Waals surface area contributed by atoms with Gasteiger partial charge in [0.1, 0.15) is 18.0 Å². The van der Waals surface area contributed by atoms with E-state index in [2.05, 4.69) is 20.0 Å². The van der Waals surface area contributed by atoms with Crippen LogP contribution in [0.4, 0.5) is 10.2 Å². The van der Waals surface area contributed by atoms with Gasteiger partial charge in [-0.25, -0.2) is 14.4 Å². The lowest BCUT2D eigenvalue weighted by atomic mass is 10.2. The van der Waals surface area contributed by atoms with Crippen LogP contribution in [0.2, 0.25) is 0 Å². The van der Waals surface area contributed by atoms with Crippen molar-refractivity contribution in [1.29, 1.82) is 0 Å². The Hall–Kier alpha value is -3.07. The van der Waals surface area contributed by atoms with Crippen molar-refractivity contribution in [1.82, 2.24) is 29.4 Å². The van der Waals surface area contributed by atoms with Gasteiger partial charge in [-0.3, -0.25) is 4.40 Å². The van der Waals surface area contributed by atoms with E-state index in [4.69, 9.17) is 9.51 Å². The number of anilines is 1. The summed E-state index contributed by atoms with van der Waals surface area (Å²) in [6.45, 7) is 1.60. The Balaban J connectivity index is 1.67. The molecule has 0 radical (unpaired) electrons. The zero-order valence-corrected chi connectivity index (χ0v) is 16.6. The zero-order chi connectivity index (χ0) is 20.1. The molecule has 0 amide bonds. The molecule has 29 heavy (non-hydrogen) atoms. The average molecular weight is 395 g/mol. The van der Waals surface area contributed by atoms with Gasteiger partial charge < -0.3 is 14.3 Å². The van der Waals surface area contributed by atoms with Crippen LogP contribution in [0.1, 0.15) is 24.7 Å². The van der Waals surface area contributed by atoms with E-state index >= 15 is 0 Å². The van der Waals surface area contributed by atoms with Gasteiger partial charge in [0.25, 0.3) is 0 Å². The maximum absolute atomic E-state index is 14.0. The van der Waals surface area contributed by atoms with Crippen molar-refractivity contribution in [3.05, 3.63) is 36.2 Å². The first kappa shape index (κ1) is 18.0. The summed E-state index contributed by atoms with van der Waals surface area (Å²) >= 11 is 0. The van der Waals surface area contributed by atoms with Crippen molar-refractivity contribution < 1.29 is 8.91 Å². The molecule has 1 aromatic carbocycles. The maximum Gasteiger partial charge on any atom is 0.230 e. The SMILES string of the molecule is CN(C)CCN(C)c1nc2c(-c3noc(C4CC4)n3)ncn2c2ccc(F)cc12. The van der Waals surface area contributed by atoms with Crippen molar-refractivity contribution in [2.75, 3.05) is 39.1 Å². The number of benzene rings is 1. The van der Waals surface area contributed by atoms with Crippen LogP contribution in [0.3, 0.4) is 0 Å². The molecule has 3 aromatic heterocycles. The first-order valence-electron chi connectivity index (χ1n) is 9.67. The van der Waals surface area contributed by atoms with Gasteiger partial charge >= 0.3 is 0 Å². The molecule has 0 atom stereocenters. The standard InChI is InChI=1S/C20H22FN7O/c1-26(2)8-9-27(3)18-14-10-13(21)6-7-15(14)28-11-22-16(19(28)24-18)17-23-20(29-25-17)12-4-5-12/h6-7,10-12H,4-5,8-9H2,1-3H3. The molecule has 1 aliphatic rings. The summed E-state index contributed by atoms with van der Waals surface area (Å²) in [5.41, 5.74) is 2.01. The highest BCUT2D eigenvalue weighted by atomic mass is 19.1. The summed E-state index contributed by atoms with van der Waals surface area (Å²) in [6.07, 6.45) is 3.84. The van der Waals surface area contributed by atoms with Crippen LogP contribution in [0, 0.1) is 5.82 Å². The highest BCUT2D eigenvalue weighted by molar-refractivity contribution is 5.93. The third-order valence-corrected chi connectivity index (χ3v) is 5.24. The molecule has 0 unspecified atom stereocenters. The lowest BCUT2D eigenvalue weighted by molar-refractivity contribution is 0.380. The predicted molar refractivity (Wildman–Crippen MR) is 108 cm³/mol. The van der Waals surface area contributed by atoms with Gasteiger partial charge in [-0.1, -0.05) is 5.16 Å². The Kier molecular flexibility index (Phi) is 4.20. The first-order valence-corrected chi connectivity index (χ1v) is 9.67. The molecule has 0 spiro atoms. The Morgan fingerprint density at radius 1 is 1.17 bits per heavy atom. The number of hydrogen-bond donors (Lipinski definition) is 0. The van der Waals surface area contributed by atoms with Crippen LogP contribution < -0.4 is 4.90 Å². The number of nitrogens with zero attached hydrogens (tertiary/aromatic N) is 7. The monoisotopic (exact) mass is 395 g/mol. The van der Waals surface area contributed by atoms with E-state index < -0.39 is 0 Å².